The minimum absolute atomic E-state index is 0.0565. The molecule has 3 N–H and O–H groups in total. The summed E-state index contributed by atoms with van der Waals surface area (Å²) in [5, 5.41) is 2.69. The van der Waals surface area contributed by atoms with E-state index in [4.69, 9.17) is 5.73 Å². The summed E-state index contributed by atoms with van der Waals surface area (Å²) in [4.78, 5) is 36.2. The van der Waals surface area contributed by atoms with Gasteiger partial charge in [-0.25, -0.2) is 8.42 Å². The highest BCUT2D eigenvalue weighted by molar-refractivity contribution is 7.89. The number of Topliss-reactive ketones (excluding diaryl/α,β-unsaturated/α-hetero) is 1. The van der Waals surface area contributed by atoms with Crippen LogP contribution in [-0.2, 0) is 19.6 Å². The van der Waals surface area contributed by atoms with Gasteiger partial charge in [-0.05, 0) is 37.5 Å². The van der Waals surface area contributed by atoms with Crippen LogP contribution in [0.3, 0.4) is 0 Å². The second-order valence-corrected chi connectivity index (χ2v) is 9.45. The number of nitrogens with two attached hydrogens (primary N) is 1. The minimum Gasteiger partial charge on any atom is -0.368 e. The van der Waals surface area contributed by atoms with Crippen molar-refractivity contribution in [3.8, 4) is 0 Å². The first kappa shape index (κ1) is 22.6. The molecule has 3 rings (SSSR count). The highest BCUT2D eigenvalue weighted by Crippen LogP contribution is 2.25. The molecule has 0 aromatic heterocycles. The largest absolute Gasteiger partial charge is 0.368 e. The molecule has 8 nitrogen and oxygen atoms in total. The number of amides is 2. The number of piperidine rings is 1. The van der Waals surface area contributed by atoms with Gasteiger partial charge in [-0.3, -0.25) is 14.4 Å². The molecule has 1 saturated heterocycles. The van der Waals surface area contributed by atoms with Gasteiger partial charge in [0.05, 0.1) is 4.90 Å². The number of ketones is 1. The molecule has 2 aromatic rings. The summed E-state index contributed by atoms with van der Waals surface area (Å²) in [5.74, 6) is -1.64. The first-order valence-electron chi connectivity index (χ1n) is 9.96. The monoisotopic (exact) mass is 443 g/mol. The lowest BCUT2D eigenvalue weighted by Gasteiger charge is -2.31. The van der Waals surface area contributed by atoms with Crippen molar-refractivity contribution in [3.63, 3.8) is 0 Å². The maximum atomic E-state index is 12.9. The molecular weight excluding hydrogens is 418 g/mol. The van der Waals surface area contributed by atoms with Crippen molar-refractivity contribution in [2.75, 3.05) is 13.1 Å². The van der Waals surface area contributed by atoms with Gasteiger partial charge in [0, 0.05) is 24.6 Å². The van der Waals surface area contributed by atoms with E-state index in [2.05, 4.69) is 5.32 Å². The number of carbonyl (C=O) groups is 3. The Bertz CT molecular complexity index is 1080. The normalized spacial score (nSPS) is 16.4. The lowest BCUT2D eigenvalue weighted by Crippen LogP contribution is -2.45. The van der Waals surface area contributed by atoms with Crippen molar-refractivity contribution in [1.29, 1.82) is 0 Å². The maximum absolute atomic E-state index is 12.9. The third-order valence-electron chi connectivity index (χ3n) is 5.41. The summed E-state index contributed by atoms with van der Waals surface area (Å²) < 4.78 is 27.2. The van der Waals surface area contributed by atoms with E-state index in [9.17, 15) is 22.8 Å². The third-order valence-corrected chi connectivity index (χ3v) is 7.30. The van der Waals surface area contributed by atoms with Gasteiger partial charge in [0.1, 0.15) is 6.04 Å². The average molecular weight is 444 g/mol. The summed E-state index contributed by atoms with van der Waals surface area (Å²) in [7, 11) is -3.77. The number of primary amides is 1. The van der Waals surface area contributed by atoms with Crippen LogP contribution >= 0.6 is 0 Å². The van der Waals surface area contributed by atoms with Crippen LogP contribution in [0.15, 0.2) is 59.5 Å². The van der Waals surface area contributed by atoms with E-state index in [1.807, 2.05) is 0 Å². The number of hydrogen-bond acceptors (Lipinski definition) is 5. The summed E-state index contributed by atoms with van der Waals surface area (Å²) >= 11 is 0. The second kappa shape index (κ2) is 9.40. The summed E-state index contributed by atoms with van der Waals surface area (Å²) in [5.41, 5.74) is 6.38. The molecule has 1 atom stereocenters. The Hall–Kier alpha value is -3.04. The average Bonchev–Trinajstić information content (AvgIpc) is 2.77. The number of hydrogen-bond donors (Lipinski definition) is 2. The fourth-order valence-electron chi connectivity index (χ4n) is 3.61. The lowest BCUT2D eigenvalue weighted by atomic mass is 9.96. The van der Waals surface area contributed by atoms with Crippen LogP contribution in [0, 0.1) is 5.92 Å². The predicted octanol–water partition coefficient (Wildman–Crippen LogP) is 1.63. The van der Waals surface area contributed by atoms with E-state index in [0.717, 1.165) is 0 Å². The Kier molecular flexibility index (Phi) is 6.87. The predicted molar refractivity (Wildman–Crippen MR) is 114 cm³/mol. The van der Waals surface area contributed by atoms with Crippen LogP contribution in [-0.4, -0.2) is 43.4 Å². The number of benzene rings is 2. The molecule has 1 unspecified atom stereocenters. The zero-order chi connectivity index (χ0) is 22.6. The van der Waals surface area contributed by atoms with Gasteiger partial charge < -0.3 is 11.1 Å². The van der Waals surface area contributed by atoms with Crippen molar-refractivity contribution < 1.29 is 22.8 Å². The molecule has 1 fully saturated rings. The van der Waals surface area contributed by atoms with Crippen molar-refractivity contribution in [2.45, 2.75) is 30.7 Å². The SMILES string of the molecule is CC(=O)c1cccc(S(=O)(=O)N2CCC(C(=O)NC(C(N)=O)c3ccccc3)CC2)c1. The molecule has 9 heteroatoms. The van der Waals surface area contributed by atoms with Gasteiger partial charge in [0.15, 0.2) is 5.78 Å². The van der Waals surface area contributed by atoms with Crippen LogP contribution in [0.1, 0.15) is 41.7 Å². The molecule has 1 aliphatic rings. The van der Waals surface area contributed by atoms with Crippen LogP contribution in [0.2, 0.25) is 0 Å². The highest BCUT2D eigenvalue weighted by atomic mass is 32.2. The Balaban J connectivity index is 1.66. The molecule has 0 saturated carbocycles. The van der Waals surface area contributed by atoms with Gasteiger partial charge in [-0.15, -0.1) is 0 Å². The number of nitrogens with zero attached hydrogens (tertiary/aromatic N) is 1. The highest BCUT2D eigenvalue weighted by Gasteiger charge is 2.33. The van der Waals surface area contributed by atoms with Crippen molar-refractivity contribution in [1.82, 2.24) is 9.62 Å². The molecule has 0 radical (unpaired) electrons. The molecule has 0 bridgehead atoms. The molecule has 164 valence electrons. The van der Waals surface area contributed by atoms with Crippen LogP contribution in [0.4, 0.5) is 0 Å². The van der Waals surface area contributed by atoms with E-state index in [1.165, 1.54) is 29.4 Å². The lowest BCUT2D eigenvalue weighted by molar-refractivity contribution is -0.130. The Labute approximate surface area is 181 Å². The van der Waals surface area contributed by atoms with Crippen LogP contribution < -0.4 is 11.1 Å². The zero-order valence-corrected chi connectivity index (χ0v) is 18.0. The molecule has 1 aliphatic heterocycles. The molecule has 0 spiro atoms. The fraction of sp³-hybridized carbons (Fsp3) is 0.318. The minimum atomic E-state index is -3.77. The zero-order valence-electron chi connectivity index (χ0n) is 17.2. The molecule has 2 aromatic carbocycles. The Morgan fingerprint density at radius 2 is 1.68 bits per heavy atom. The quantitative estimate of drug-likeness (QED) is 0.629. The number of carbonyl (C=O) groups excluding carboxylic acids is 3. The standard InChI is InChI=1S/C22H25N3O5S/c1-15(26)18-8-5-9-19(14-18)31(29,30)25-12-10-17(11-13-25)22(28)24-20(21(23)27)16-6-3-2-4-7-16/h2-9,14,17,20H,10-13H2,1H3,(H2,23,27)(H,24,28). The first-order valence-corrected chi connectivity index (χ1v) is 11.4. The number of sulfonamides is 1. The van der Waals surface area contributed by atoms with E-state index >= 15 is 0 Å². The van der Waals surface area contributed by atoms with Gasteiger partial charge in [0.2, 0.25) is 21.8 Å². The number of rotatable bonds is 7. The van der Waals surface area contributed by atoms with Crippen LogP contribution in [0.5, 0.6) is 0 Å². The van der Waals surface area contributed by atoms with Crippen molar-refractivity contribution >= 4 is 27.6 Å². The van der Waals surface area contributed by atoms with Gasteiger partial charge in [-0.2, -0.15) is 4.31 Å². The van der Waals surface area contributed by atoms with Crippen molar-refractivity contribution in [2.24, 2.45) is 11.7 Å². The maximum Gasteiger partial charge on any atom is 0.244 e. The number of nitrogens with one attached hydrogen (secondary N) is 1. The molecule has 2 amide bonds. The van der Waals surface area contributed by atoms with Gasteiger partial charge in [-0.1, -0.05) is 42.5 Å². The molecule has 1 heterocycles. The van der Waals surface area contributed by atoms with E-state index in [0.29, 0.717) is 24.0 Å². The molecule has 0 aliphatic carbocycles. The topological polar surface area (TPSA) is 127 Å². The fourth-order valence-corrected chi connectivity index (χ4v) is 5.12. The van der Waals surface area contributed by atoms with E-state index in [1.54, 1.807) is 36.4 Å². The molecule has 31 heavy (non-hydrogen) atoms. The van der Waals surface area contributed by atoms with Gasteiger partial charge >= 0.3 is 0 Å². The van der Waals surface area contributed by atoms with Crippen molar-refractivity contribution in [3.05, 3.63) is 65.7 Å². The van der Waals surface area contributed by atoms with E-state index in [-0.39, 0.29) is 29.7 Å². The Morgan fingerprint density at radius 1 is 1.03 bits per heavy atom. The third kappa shape index (κ3) is 5.18. The van der Waals surface area contributed by atoms with E-state index < -0.39 is 27.9 Å². The van der Waals surface area contributed by atoms with Gasteiger partial charge in [0.25, 0.3) is 0 Å². The first-order chi connectivity index (χ1) is 14.7. The summed E-state index contributed by atoms with van der Waals surface area (Å²) in [6, 6.07) is 13.7. The Morgan fingerprint density at radius 3 is 2.26 bits per heavy atom. The second-order valence-electron chi connectivity index (χ2n) is 7.52. The summed E-state index contributed by atoms with van der Waals surface area (Å²) in [6.07, 6.45) is 0.634. The van der Waals surface area contributed by atoms with Crippen LogP contribution in [0.25, 0.3) is 0 Å². The molecular formula is C22H25N3O5S. The summed E-state index contributed by atoms with van der Waals surface area (Å²) in [6.45, 7) is 1.71. The smallest absolute Gasteiger partial charge is 0.244 e.